The number of rotatable bonds is 4. The van der Waals surface area contributed by atoms with Gasteiger partial charge in [-0.1, -0.05) is 0 Å². The number of hydrogen-bond donors (Lipinski definition) is 3. The van der Waals surface area contributed by atoms with Crippen LogP contribution in [0.3, 0.4) is 0 Å². The van der Waals surface area contributed by atoms with Gasteiger partial charge in [-0.15, -0.1) is 0 Å². The predicted octanol–water partition coefficient (Wildman–Crippen LogP) is 1.32. The van der Waals surface area contributed by atoms with Crippen molar-refractivity contribution in [3.05, 3.63) is 62.9 Å². The first kappa shape index (κ1) is 18.1. The molecule has 3 N–H and O–H groups in total. The summed E-state index contributed by atoms with van der Waals surface area (Å²) in [7, 11) is 0. The Kier molecular flexibility index (Phi) is 4.84. The van der Waals surface area contributed by atoms with Gasteiger partial charge in [-0.05, 0) is 37.3 Å². The minimum atomic E-state index is -0.537. The van der Waals surface area contributed by atoms with Crippen LogP contribution in [0, 0.1) is 0 Å². The van der Waals surface area contributed by atoms with Gasteiger partial charge in [0.2, 0.25) is 5.91 Å². The zero-order valence-corrected chi connectivity index (χ0v) is 14.7. The molecule has 0 saturated carbocycles. The van der Waals surface area contributed by atoms with Crippen molar-refractivity contribution in [3.8, 4) is 0 Å². The number of aromatic amines is 1. The fraction of sp³-hybridized carbons (Fsp3) is 0.167. The number of amides is 2. The molecule has 0 aliphatic heterocycles. The molecule has 9 nitrogen and oxygen atoms in total. The first-order chi connectivity index (χ1) is 12.9. The maximum atomic E-state index is 12.5. The van der Waals surface area contributed by atoms with E-state index in [1.54, 1.807) is 19.1 Å². The number of anilines is 2. The van der Waals surface area contributed by atoms with Crippen LogP contribution >= 0.6 is 0 Å². The first-order valence-corrected chi connectivity index (χ1v) is 8.21. The smallest absolute Gasteiger partial charge is 0.323 e. The number of aromatic nitrogens is 3. The van der Waals surface area contributed by atoms with Gasteiger partial charge < -0.3 is 15.6 Å². The van der Waals surface area contributed by atoms with Crippen molar-refractivity contribution >= 4 is 34.2 Å². The van der Waals surface area contributed by atoms with Crippen molar-refractivity contribution in [1.82, 2.24) is 14.5 Å². The second kappa shape index (κ2) is 7.24. The Labute approximate surface area is 153 Å². The van der Waals surface area contributed by atoms with Crippen molar-refractivity contribution in [2.24, 2.45) is 0 Å². The SMILES string of the molecule is CCn1c(=O)[nH]c2cc(C(=O)Nc3ncccc3NC(C)=O)ccc2c1=O. The van der Waals surface area contributed by atoms with E-state index in [0.29, 0.717) is 11.1 Å². The Bertz CT molecular complexity index is 1160. The van der Waals surface area contributed by atoms with E-state index in [4.69, 9.17) is 0 Å². The Hall–Kier alpha value is -3.75. The molecule has 2 heterocycles. The van der Waals surface area contributed by atoms with Gasteiger partial charge in [-0.25, -0.2) is 9.78 Å². The molecule has 138 valence electrons. The second-order valence-corrected chi connectivity index (χ2v) is 5.77. The molecule has 3 aromatic rings. The molecule has 3 rings (SSSR count). The highest BCUT2D eigenvalue weighted by atomic mass is 16.2. The molecular weight excluding hydrogens is 350 g/mol. The lowest BCUT2D eigenvalue weighted by atomic mass is 10.1. The molecule has 0 radical (unpaired) electrons. The van der Waals surface area contributed by atoms with Crippen LogP contribution in [0.15, 0.2) is 46.1 Å². The summed E-state index contributed by atoms with van der Waals surface area (Å²) in [5, 5.41) is 5.50. The fourth-order valence-electron chi connectivity index (χ4n) is 2.66. The van der Waals surface area contributed by atoms with Gasteiger partial charge in [0.1, 0.15) is 0 Å². The maximum Gasteiger partial charge on any atom is 0.328 e. The lowest BCUT2D eigenvalue weighted by molar-refractivity contribution is -0.114. The standard InChI is InChI=1S/C18H17N5O4/c1-3-23-17(26)12-7-6-11(9-14(12)21-18(23)27)16(25)22-15-13(20-10(2)24)5-4-8-19-15/h4-9H,3H2,1-2H3,(H,20,24)(H,21,27)(H,19,22,25). The molecule has 1 aromatic carbocycles. The van der Waals surface area contributed by atoms with Gasteiger partial charge in [0.05, 0.1) is 16.6 Å². The Morgan fingerprint density at radius 3 is 2.67 bits per heavy atom. The molecule has 2 aromatic heterocycles. The molecular formula is C18H17N5O4. The van der Waals surface area contributed by atoms with E-state index in [0.717, 1.165) is 4.57 Å². The van der Waals surface area contributed by atoms with Gasteiger partial charge >= 0.3 is 5.69 Å². The van der Waals surface area contributed by atoms with Crippen molar-refractivity contribution in [2.45, 2.75) is 20.4 Å². The molecule has 0 aliphatic rings. The van der Waals surface area contributed by atoms with E-state index in [1.165, 1.54) is 31.3 Å². The third kappa shape index (κ3) is 3.61. The van der Waals surface area contributed by atoms with E-state index in [-0.39, 0.29) is 29.3 Å². The molecule has 0 saturated heterocycles. The third-order valence-electron chi connectivity index (χ3n) is 3.91. The number of nitrogens with zero attached hydrogens (tertiary/aromatic N) is 2. The van der Waals surface area contributed by atoms with Gasteiger partial charge in [-0.3, -0.25) is 19.0 Å². The summed E-state index contributed by atoms with van der Waals surface area (Å²) in [6.07, 6.45) is 1.48. The fourth-order valence-corrected chi connectivity index (χ4v) is 2.66. The molecule has 2 amide bonds. The molecule has 0 atom stereocenters. The van der Waals surface area contributed by atoms with E-state index >= 15 is 0 Å². The van der Waals surface area contributed by atoms with Crippen LogP contribution in [0.5, 0.6) is 0 Å². The first-order valence-electron chi connectivity index (χ1n) is 8.21. The van der Waals surface area contributed by atoms with Crippen molar-refractivity contribution < 1.29 is 9.59 Å². The van der Waals surface area contributed by atoms with Gasteiger partial charge in [0.15, 0.2) is 5.82 Å². The third-order valence-corrected chi connectivity index (χ3v) is 3.91. The number of benzene rings is 1. The Balaban J connectivity index is 1.97. The predicted molar refractivity (Wildman–Crippen MR) is 101 cm³/mol. The average molecular weight is 367 g/mol. The quantitative estimate of drug-likeness (QED) is 0.641. The summed E-state index contributed by atoms with van der Waals surface area (Å²) < 4.78 is 1.08. The van der Waals surface area contributed by atoms with Crippen molar-refractivity contribution in [2.75, 3.05) is 10.6 Å². The normalized spacial score (nSPS) is 10.6. The minimum absolute atomic E-state index is 0.188. The van der Waals surface area contributed by atoms with Crippen LogP contribution in [0.25, 0.3) is 10.9 Å². The zero-order chi connectivity index (χ0) is 19.6. The topological polar surface area (TPSA) is 126 Å². The summed E-state index contributed by atoms with van der Waals surface area (Å²) in [6.45, 7) is 3.29. The van der Waals surface area contributed by atoms with E-state index in [9.17, 15) is 19.2 Å². The second-order valence-electron chi connectivity index (χ2n) is 5.77. The number of H-pyrrole nitrogens is 1. The highest BCUT2D eigenvalue weighted by Crippen LogP contribution is 2.19. The minimum Gasteiger partial charge on any atom is -0.323 e. The van der Waals surface area contributed by atoms with Gasteiger partial charge in [0, 0.05) is 25.2 Å². The van der Waals surface area contributed by atoms with Crippen LogP contribution in [0.1, 0.15) is 24.2 Å². The maximum absolute atomic E-state index is 12.5. The highest BCUT2D eigenvalue weighted by Gasteiger charge is 2.13. The molecule has 0 unspecified atom stereocenters. The monoisotopic (exact) mass is 367 g/mol. The van der Waals surface area contributed by atoms with Crippen molar-refractivity contribution in [1.29, 1.82) is 0 Å². The lowest BCUT2D eigenvalue weighted by Gasteiger charge is -2.10. The molecule has 0 aliphatic carbocycles. The highest BCUT2D eigenvalue weighted by molar-refractivity contribution is 6.07. The average Bonchev–Trinajstić information content (AvgIpc) is 2.62. The molecule has 0 fully saturated rings. The molecule has 9 heteroatoms. The number of nitrogens with one attached hydrogen (secondary N) is 3. The van der Waals surface area contributed by atoms with E-state index in [2.05, 4.69) is 20.6 Å². The number of fused-ring (bicyclic) bond motifs is 1. The molecule has 27 heavy (non-hydrogen) atoms. The Morgan fingerprint density at radius 2 is 1.96 bits per heavy atom. The number of carbonyl (C=O) groups excluding carboxylic acids is 2. The summed E-state index contributed by atoms with van der Waals surface area (Å²) >= 11 is 0. The van der Waals surface area contributed by atoms with Crippen LogP contribution in [0.4, 0.5) is 11.5 Å². The van der Waals surface area contributed by atoms with E-state index < -0.39 is 17.2 Å². The van der Waals surface area contributed by atoms with Crippen LogP contribution in [-0.2, 0) is 11.3 Å². The summed E-state index contributed by atoms with van der Waals surface area (Å²) in [5.74, 6) is -0.607. The number of pyridine rings is 1. The summed E-state index contributed by atoms with van der Waals surface area (Å²) in [4.78, 5) is 54.7. The number of hydrogen-bond acceptors (Lipinski definition) is 5. The zero-order valence-electron chi connectivity index (χ0n) is 14.7. The van der Waals surface area contributed by atoms with Gasteiger partial charge in [-0.2, -0.15) is 0 Å². The van der Waals surface area contributed by atoms with E-state index in [1.807, 2.05) is 0 Å². The lowest BCUT2D eigenvalue weighted by Crippen LogP contribution is -2.34. The molecule has 0 spiro atoms. The summed E-state index contributed by atoms with van der Waals surface area (Å²) in [5.41, 5.74) is -0.0961. The largest absolute Gasteiger partial charge is 0.328 e. The number of carbonyl (C=O) groups is 2. The van der Waals surface area contributed by atoms with Gasteiger partial charge in [0.25, 0.3) is 11.5 Å². The summed E-state index contributed by atoms with van der Waals surface area (Å²) in [6, 6.07) is 7.63. The van der Waals surface area contributed by atoms with Crippen LogP contribution < -0.4 is 21.9 Å². The van der Waals surface area contributed by atoms with Crippen LogP contribution in [-0.4, -0.2) is 26.3 Å². The van der Waals surface area contributed by atoms with Crippen LogP contribution in [0.2, 0.25) is 0 Å². The van der Waals surface area contributed by atoms with Crippen molar-refractivity contribution in [3.63, 3.8) is 0 Å². The Morgan fingerprint density at radius 1 is 1.19 bits per heavy atom. The molecule has 0 bridgehead atoms.